The van der Waals surface area contributed by atoms with Crippen LogP contribution in [0.2, 0.25) is 0 Å². The molecule has 3 heterocycles. The van der Waals surface area contributed by atoms with E-state index >= 15 is 0 Å². The standard InChI is InChI=1S/C24H21N5O/c1-17-7-6-10-21(13-17)29-23(20-11-12-22-25-16-26-28(22)15-20)18(2)27(24(29)30)14-19-8-4-3-5-9-19/h3-13,15-16H,14H2,1-2H3. The van der Waals surface area contributed by atoms with Gasteiger partial charge in [-0.2, -0.15) is 5.10 Å². The smallest absolute Gasteiger partial charge is 0.291 e. The molecule has 0 saturated carbocycles. The van der Waals surface area contributed by atoms with E-state index in [1.165, 1.54) is 6.33 Å². The number of rotatable bonds is 4. The zero-order valence-electron chi connectivity index (χ0n) is 16.9. The first kappa shape index (κ1) is 18.1. The third-order valence-electron chi connectivity index (χ3n) is 5.38. The number of pyridine rings is 1. The van der Waals surface area contributed by atoms with Crippen LogP contribution in [0.5, 0.6) is 0 Å². The summed E-state index contributed by atoms with van der Waals surface area (Å²) in [5.74, 6) is 0. The van der Waals surface area contributed by atoms with Crippen LogP contribution in [0.25, 0.3) is 22.6 Å². The monoisotopic (exact) mass is 395 g/mol. The van der Waals surface area contributed by atoms with Gasteiger partial charge in [0.2, 0.25) is 0 Å². The normalized spacial score (nSPS) is 11.3. The topological polar surface area (TPSA) is 57.1 Å². The van der Waals surface area contributed by atoms with Gasteiger partial charge < -0.3 is 0 Å². The van der Waals surface area contributed by atoms with Gasteiger partial charge in [0.05, 0.1) is 17.9 Å². The Morgan fingerprint density at radius 1 is 0.933 bits per heavy atom. The Morgan fingerprint density at radius 2 is 1.77 bits per heavy atom. The van der Waals surface area contributed by atoms with Crippen LogP contribution in [0.4, 0.5) is 0 Å². The molecule has 6 heteroatoms. The Labute approximate surface area is 173 Å². The van der Waals surface area contributed by atoms with E-state index in [9.17, 15) is 4.79 Å². The Balaban J connectivity index is 1.77. The van der Waals surface area contributed by atoms with Gasteiger partial charge in [0, 0.05) is 17.5 Å². The average Bonchev–Trinajstić information content (AvgIpc) is 3.32. The fraction of sp³-hybridized carbons (Fsp3) is 0.125. The molecule has 0 amide bonds. The van der Waals surface area contributed by atoms with Crippen LogP contribution in [-0.4, -0.2) is 23.7 Å². The molecular weight excluding hydrogens is 374 g/mol. The highest BCUT2D eigenvalue weighted by Gasteiger charge is 2.20. The van der Waals surface area contributed by atoms with Crippen molar-refractivity contribution in [3.63, 3.8) is 0 Å². The fourth-order valence-electron chi connectivity index (χ4n) is 3.90. The van der Waals surface area contributed by atoms with Crippen molar-refractivity contribution in [2.24, 2.45) is 0 Å². The quantitative estimate of drug-likeness (QED) is 0.462. The van der Waals surface area contributed by atoms with Gasteiger partial charge in [-0.1, -0.05) is 42.5 Å². The van der Waals surface area contributed by atoms with Gasteiger partial charge >= 0.3 is 5.69 Å². The summed E-state index contributed by atoms with van der Waals surface area (Å²) in [6, 6.07) is 22.0. The molecule has 0 saturated heterocycles. The molecule has 0 aliphatic carbocycles. The summed E-state index contributed by atoms with van der Waals surface area (Å²) in [6.07, 6.45) is 3.45. The highest BCUT2D eigenvalue weighted by atomic mass is 16.1. The molecule has 0 aliphatic rings. The Morgan fingerprint density at radius 3 is 2.57 bits per heavy atom. The van der Waals surface area contributed by atoms with Crippen LogP contribution in [0.1, 0.15) is 16.8 Å². The van der Waals surface area contributed by atoms with E-state index in [0.29, 0.717) is 6.54 Å². The van der Waals surface area contributed by atoms with Crippen LogP contribution < -0.4 is 5.69 Å². The van der Waals surface area contributed by atoms with Gasteiger partial charge in [0.1, 0.15) is 6.33 Å². The summed E-state index contributed by atoms with van der Waals surface area (Å²) in [7, 11) is 0. The Hall–Kier alpha value is -3.93. The van der Waals surface area contributed by atoms with Crippen LogP contribution >= 0.6 is 0 Å². The molecule has 5 rings (SSSR count). The van der Waals surface area contributed by atoms with E-state index < -0.39 is 0 Å². The number of imidazole rings is 1. The zero-order valence-corrected chi connectivity index (χ0v) is 16.9. The molecule has 3 aromatic heterocycles. The summed E-state index contributed by atoms with van der Waals surface area (Å²) in [4.78, 5) is 17.8. The molecule has 0 bridgehead atoms. The maximum atomic E-state index is 13.6. The third-order valence-corrected chi connectivity index (χ3v) is 5.38. The summed E-state index contributed by atoms with van der Waals surface area (Å²) >= 11 is 0. The summed E-state index contributed by atoms with van der Waals surface area (Å²) in [5, 5.41) is 4.26. The number of benzene rings is 2. The van der Waals surface area contributed by atoms with Crippen molar-refractivity contribution >= 4 is 5.65 Å². The van der Waals surface area contributed by atoms with Crippen molar-refractivity contribution < 1.29 is 0 Å². The maximum Gasteiger partial charge on any atom is 0.333 e. The first-order valence-corrected chi connectivity index (χ1v) is 9.85. The molecule has 148 valence electrons. The van der Waals surface area contributed by atoms with Crippen molar-refractivity contribution in [2.45, 2.75) is 20.4 Å². The van der Waals surface area contributed by atoms with E-state index in [2.05, 4.69) is 10.1 Å². The predicted octanol–water partition coefficient (Wildman–Crippen LogP) is 4.01. The van der Waals surface area contributed by atoms with E-state index in [4.69, 9.17) is 0 Å². The molecular formula is C24H21N5O. The molecule has 6 nitrogen and oxygen atoms in total. The lowest BCUT2D eigenvalue weighted by molar-refractivity contribution is 0.723. The summed E-state index contributed by atoms with van der Waals surface area (Å²) < 4.78 is 5.36. The van der Waals surface area contributed by atoms with Crippen molar-refractivity contribution in [3.05, 3.63) is 107 Å². The van der Waals surface area contributed by atoms with Crippen molar-refractivity contribution in [3.8, 4) is 16.9 Å². The van der Waals surface area contributed by atoms with Gasteiger partial charge in [-0.25, -0.2) is 14.3 Å². The zero-order chi connectivity index (χ0) is 20.7. The molecule has 0 fully saturated rings. The second-order valence-corrected chi connectivity index (χ2v) is 7.44. The van der Waals surface area contributed by atoms with Gasteiger partial charge in [-0.3, -0.25) is 9.13 Å². The van der Waals surface area contributed by atoms with Crippen LogP contribution in [0.3, 0.4) is 0 Å². The molecule has 0 N–H and O–H groups in total. The second kappa shape index (κ2) is 7.15. The third kappa shape index (κ3) is 3.03. The molecule has 2 aromatic carbocycles. The predicted molar refractivity (Wildman–Crippen MR) is 117 cm³/mol. The second-order valence-electron chi connectivity index (χ2n) is 7.44. The minimum Gasteiger partial charge on any atom is -0.291 e. The van der Waals surface area contributed by atoms with Crippen molar-refractivity contribution in [1.82, 2.24) is 23.7 Å². The van der Waals surface area contributed by atoms with E-state index in [0.717, 1.165) is 39.4 Å². The lowest BCUT2D eigenvalue weighted by Gasteiger charge is -2.10. The van der Waals surface area contributed by atoms with Gasteiger partial charge in [-0.05, 0) is 49.2 Å². The van der Waals surface area contributed by atoms with Gasteiger partial charge in [0.15, 0.2) is 5.65 Å². The number of aryl methyl sites for hydroxylation is 1. The van der Waals surface area contributed by atoms with Crippen LogP contribution in [-0.2, 0) is 6.54 Å². The minimum absolute atomic E-state index is 0.0596. The van der Waals surface area contributed by atoms with E-state index in [-0.39, 0.29) is 5.69 Å². The molecule has 0 radical (unpaired) electrons. The molecule has 0 spiro atoms. The van der Waals surface area contributed by atoms with Crippen molar-refractivity contribution in [2.75, 3.05) is 0 Å². The SMILES string of the molecule is Cc1cccc(-n2c(-c3ccc4ncnn4c3)c(C)n(Cc3ccccc3)c2=O)c1. The lowest BCUT2D eigenvalue weighted by atomic mass is 10.1. The first-order chi connectivity index (χ1) is 14.6. The molecule has 0 atom stereocenters. The van der Waals surface area contributed by atoms with Crippen LogP contribution in [0.15, 0.2) is 84.0 Å². The molecule has 0 aliphatic heterocycles. The Kier molecular flexibility index (Phi) is 4.32. The van der Waals surface area contributed by atoms with Gasteiger partial charge in [0.25, 0.3) is 0 Å². The largest absolute Gasteiger partial charge is 0.333 e. The van der Waals surface area contributed by atoms with Gasteiger partial charge in [-0.15, -0.1) is 0 Å². The summed E-state index contributed by atoms with van der Waals surface area (Å²) in [6.45, 7) is 4.55. The molecule has 0 unspecified atom stereocenters. The van der Waals surface area contributed by atoms with E-state index in [1.54, 1.807) is 9.08 Å². The number of hydrogen-bond acceptors (Lipinski definition) is 3. The fourth-order valence-corrected chi connectivity index (χ4v) is 3.90. The number of nitrogens with zero attached hydrogens (tertiary/aromatic N) is 5. The molecule has 30 heavy (non-hydrogen) atoms. The number of hydrogen-bond donors (Lipinski definition) is 0. The highest BCUT2D eigenvalue weighted by Crippen LogP contribution is 2.27. The lowest BCUT2D eigenvalue weighted by Crippen LogP contribution is -2.24. The number of aromatic nitrogens is 5. The van der Waals surface area contributed by atoms with E-state index in [1.807, 2.05) is 91.3 Å². The first-order valence-electron chi connectivity index (χ1n) is 9.85. The average molecular weight is 395 g/mol. The summed E-state index contributed by atoms with van der Waals surface area (Å²) in [5.41, 5.74) is 6.43. The maximum absolute atomic E-state index is 13.6. The molecule has 5 aromatic rings. The van der Waals surface area contributed by atoms with Crippen LogP contribution in [0, 0.1) is 13.8 Å². The minimum atomic E-state index is -0.0596. The highest BCUT2D eigenvalue weighted by molar-refractivity contribution is 5.66. The Bertz CT molecular complexity index is 1410. The number of fused-ring (bicyclic) bond motifs is 1. The van der Waals surface area contributed by atoms with Crippen molar-refractivity contribution in [1.29, 1.82) is 0 Å².